The molecule has 0 spiro atoms. The minimum absolute atomic E-state index is 1.00. The van der Waals surface area contributed by atoms with E-state index in [0.717, 1.165) is 17.0 Å². The van der Waals surface area contributed by atoms with Crippen molar-refractivity contribution in [1.82, 2.24) is 8.75 Å². The Labute approximate surface area is 75.2 Å². The van der Waals surface area contributed by atoms with E-state index in [4.69, 9.17) is 0 Å². The van der Waals surface area contributed by atoms with Gasteiger partial charge in [0.15, 0.2) is 0 Å². The monoisotopic (exact) mass is 176 g/mol. The van der Waals surface area contributed by atoms with Crippen molar-refractivity contribution in [3.8, 4) is 11.3 Å². The highest BCUT2D eigenvalue weighted by atomic mass is 32.1. The molecule has 0 atom stereocenters. The third-order valence-corrected chi connectivity index (χ3v) is 2.32. The van der Waals surface area contributed by atoms with Crippen molar-refractivity contribution in [2.45, 2.75) is 6.92 Å². The zero-order valence-electron chi connectivity index (χ0n) is 6.69. The fourth-order valence-electron chi connectivity index (χ4n) is 1.09. The van der Waals surface area contributed by atoms with E-state index >= 15 is 0 Å². The molecule has 0 saturated heterocycles. The van der Waals surface area contributed by atoms with Gasteiger partial charge in [-0.05, 0) is 6.92 Å². The molecule has 3 heteroatoms. The maximum atomic E-state index is 4.22. The lowest BCUT2D eigenvalue weighted by molar-refractivity contribution is 1.32. The molecule has 2 aromatic rings. The summed E-state index contributed by atoms with van der Waals surface area (Å²) in [5.74, 6) is 0. The molecule has 0 fully saturated rings. The molecule has 0 N–H and O–H groups in total. The average Bonchev–Trinajstić information content (AvgIpc) is 2.53. The summed E-state index contributed by atoms with van der Waals surface area (Å²) in [5.41, 5.74) is 3.15. The van der Waals surface area contributed by atoms with Gasteiger partial charge in [0.2, 0.25) is 0 Å². The molecule has 0 aliphatic rings. The van der Waals surface area contributed by atoms with Gasteiger partial charge in [0.05, 0.1) is 17.4 Å². The van der Waals surface area contributed by atoms with Crippen molar-refractivity contribution in [2.75, 3.05) is 0 Å². The van der Waals surface area contributed by atoms with Crippen LogP contribution in [-0.2, 0) is 0 Å². The average molecular weight is 176 g/mol. The molecule has 1 aromatic heterocycles. The van der Waals surface area contributed by atoms with E-state index in [1.165, 1.54) is 11.7 Å². The number of aryl methyl sites for hydroxylation is 1. The Hall–Kier alpha value is -1.22. The Morgan fingerprint density at radius 2 is 1.83 bits per heavy atom. The van der Waals surface area contributed by atoms with Crippen LogP contribution in [0.2, 0.25) is 0 Å². The second kappa shape index (κ2) is 3.03. The van der Waals surface area contributed by atoms with Gasteiger partial charge in [-0.15, -0.1) is 0 Å². The molecule has 0 saturated carbocycles. The van der Waals surface area contributed by atoms with Gasteiger partial charge in [0, 0.05) is 5.56 Å². The van der Waals surface area contributed by atoms with Crippen molar-refractivity contribution >= 4 is 11.7 Å². The lowest BCUT2D eigenvalue weighted by Gasteiger charge is -1.94. The largest absolute Gasteiger partial charge is 0.178 e. The van der Waals surface area contributed by atoms with Gasteiger partial charge >= 0.3 is 0 Å². The van der Waals surface area contributed by atoms with E-state index in [0.29, 0.717) is 0 Å². The topological polar surface area (TPSA) is 25.8 Å². The molecular formula is C9H8N2S. The molecule has 12 heavy (non-hydrogen) atoms. The highest BCUT2D eigenvalue weighted by Crippen LogP contribution is 2.19. The molecule has 0 unspecified atom stereocenters. The number of benzene rings is 1. The molecule has 60 valence electrons. The third kappa shape index (κ3) is 1.23. The summed E-state index contributed by atoms with van der Waals surface area (Å²) in [4.78, 5) is 0. The quantitative estimate of drug-likeness (QED) is 0.667. The van der Waals surface area contributed by atoms with E-state index in [-0.39, 0.29) is 0 Å². The van der Waals surface area contributed by atoms with E-state index in [2.05, 4.69) is 8.75 Å². The lowest BCUT2D eigenvalue weighted by Crippen LogP contribution is -1.79. The first-order valence-electron chi connectivity index (χ1n) is 3.72. The predicted octanol–water partition coefficient (Wildman–Crippen LogP) is 2.51. The van der Waals surface area contributed by atoms with Crippen LogP contribution in [0.3, 0.4) is 0 Å². The number of hydrogen-bond donors (Lipinski definition) is 0. The Morgan fingerprint density at radius 3 is 2.42 bits per heavy atom. The first-order chi connectivity index (χ1) is 5.88. The summed E-state index contributed by atoms with van der Waals surface area (Å²) in [5, 5.41) is 0. The van der Waals surface area contributed by atoms with Gasteiger partial charge < -0.3 is 0 Å². The van der Waals surface area contributed by atoms with Crippen LogP contribution in [0.25, 0.3) is 11.3 Å². The van der Waals surface area contributed by atoms with E-state index in [9.17, 15) is 0 Å². The van der Waals surface area contributed by atoms with Crippen molar-refractivity contribution < 1.29 is 0 Å². The smallest absolute Gasteiger partial charge is 0.107 e. The highest BCUT2D eigenvalue weighted by molar-refractivity contribution is 6.99. The summed E-state index contributed by atoms with van der Waals surface area (Å²) in [6.45, 7) is 1.98. The Balaban J connectivity index is 2.51. The SMILES string of the molecule is Cc1nsnc1-c1ccccc1. The second-order valence-electron chi connectivity index (χ2n) is 2.56. The zero-order chi connectivity index (χ0) is 8.39. The molecule has 1 aromatic carbocycles. The van der Waals surface area contributed by atoms with Crippen LogP contribution >= 0.6 is 11.7 Å². The van der Waals surface area contributed by atoms with E-state index in [1.807, 2.05) is 37.3 Å². The second-order valence-corrected chi connectivity index (χ2v) is 3.09. The van der Waals surface area contributed by atoms with Gasteiger partial charge in [0.1, 0.15) is 5.69 Å². The summed E-state index contributed by atoms with van der Waals surface area (Å²) in [6, 6.07) is 10.1. The fraction of sp³-hybridized carbons (Fsp3) is 0.111. The number of nitrogens with zero attached hydrogens (tertiary/aromatic N) is 2. The molecular weight excluding hydrogens is 168 g/mol. The fourth-order valence-corrected chi connectivity index (χ4v) is 1.66. The van der Waals surface area contributed by atoms with Crippen molar-refractivity contribution in [3.63, 3.8) is 0 Å². The molecule has 1 heterocycles. The molecule has 0 aliphatic carbocycles. The molecule has 0 amide bonds. The number of rotatable bonds is 1. The predicted molar refractivity (Wildman–Crippen MR) is 50.1 cm³/mol. The normalized spacial score (nSPS) is 10.1. The van der Waals surface area contributed by atoms with E-state index in [1.54, 1.807) is 0 Å². The summed E-state index contributed by atoms with van der Waals surface area (Å²) in [6.07, 6.45) is 0. The molecule has 2 nitrogen and oxygen atoms in total. The highest BCUT2D eigenvalue weighted by Gasteiger charge is 2.03. The van der Waals surface area contributed by atoms with Gasteiger partial charge in [-0.25, -0.2) is 0 Å². The lowest BCUT2D eigenvalue weighted by atomic mass is 10.1. The first kappa shape index (κ1) is 7.43. The van der Waals surface area contributed by atoms with Gasteiger partial charge in [-0.2, -0.15) is 8.75 Å². The van der Waals surface area contributed by atoms with Crippen LogP contribution in [0.1, 0.15) is 5.69 Å². The van der Waals surface area contributed by atoms with Crippen LogP contribution in [-0.4, -0.2) is 8.75 Å². The van der Waals surface area contributed by atoms with Crippen molar-refractivity contribution in [3.05, 3.63) is 36.0 Å². The van der Waals surface area contributed by atoms with Crippen LogP contribution < -0.4 is 0 Å². The minimum atomic E-state index is 1.00. The number of aromatic nitrogens is 2. The maximum absolute atomic E-state index is 4.22. The summed E-state index contributed by atoms with van der Waals surface area (Å²) < 4.78 is 8.34. The van der Waals surface area contributed by atoms with Crippen LogP contribution in [0.15, 0.2) is 30.3 Å². The Kier molecular flexibility index (Phi) is 1.87. The molecule has 0 aliphatic heterocycles. The Morgan fingerprint density at radius 1 is 1.08 bits per heavy atom. The zero-order valence-corrected chi connectivity index (χ0v) is 7.51. The third-order valence-electron chi connectivity index (χ3n) is 1.70. The van der Waals surface area contributed by atoms with Gasteiger partial charge in [-0.1, -0.05) is 30.3 Å². The minimum Gasteiger partial charge on any atom is -0.178 e. The number of hydrogen-bond acceptors (Lipinski definition) is 3. The van der Waals surface area contributed by atoms with Crippen molar-refractivity contribution in [2.24, 2.45) is 0 Å². The molecule has 0 bridgehead atoms. The van der Waals surface area contributed by atoms with Crippen LogP contribution in [0, 0.1) is 6.92 Å². The standard InChI is InChI=1S/C9H8N2S/c1-7-9(11-12-10-7)8-5-3-2-4-6-8/h2-6H,1H3. The summed E-state index contributed by atoms with van der Waals surface area (Å²) in [7, 11) is 0. The first-order valence-corrected chi connectivity index (χ1v) is 4.45. The van der Waals surface area contributed by atoms with Crippen molar-refractivity contribution in [1.29, 1.82) is 0 Å². The molecule has 2 rings (SSSR count). The van der Waals surface area contributed by atoms with Gasteiger partial charge in [0.25, 0.3) is 0 Å². The maximum Gasteiger partial charge on any atom is 0.107 e. The van der Waals surface area contributed by atoms with Crippen LogP contribution in [0.4, 0.5) is 0 Å². The Bertz CT molecular complexity index is 367. The van der Waals surface area contributed by atoms with Gasteiger partial charge in [-0.3, -0.25) is 0 Å². The van der Waals surface area contributed by atoms with E-state index < -0.39 is 0 Å². The molecule has 0 radical (unpaired) electrons. The van der Waals surface area contributed by atoms with Crippen LogP contribution in [0.5, 0.6) is 0 Å². The summed E-state index contributed by atoms with van der Waals surface area (Å²) >= 11 is 1.26.